The van der Waals surface area contributed by atoms with E-state index in [4.69, 9.17) is 33.0 Å². The van der Waals surface area contributed by atoms with Gasteiger partial charge < -0.3 is 14.8 Å². The summed E-state index contributed by atoms with van der Waals surface area (Å²) in [5, 5.41) is 9.52. The standard InChI is InChI=1S/C22H14Cl2FNO5S/c23-17-7-12(9-21(27)28)8-18(24)22(17)31-14-3-6-19-16(10-14)20(11-26-19)32(29,30)15-4-1-13(25)2-5-15/h1-8,10-11,26H,9H2,(H,27,28). The van der Waals surface area contributed by atoms with Crippen LogP contribution in [0.3, 0.4) is 0 Å². The van der Waals surface area contributed by atoms with E-state index in [-0.39, 0.29) is 37.8 Å². The second-order valence-electron chi connectivity index (χ2n) is 6.88. The maximum absolute atomic E-state index is 13.2. The summed E-state index contributed by atoms with van der Waals surface area (Å²) in [6, 6.07) is 12.2. The average molecular weight is 494 g/mol. The minimum Gasteiger partial charge on any atom is -0.481 e. The van der Waals surface area contributed by atoms with Crippen LogP contribution in [0.1, 0.15) is 5.56 Å². The van der Waals surface area contributed by atoms with Gasteiger partial charge in [0.1, 0.15) is 11.6 Å². The fourth-order valence-corrected chi connectivity index (χ4v) is 5.24. The lowest BCUT2D eigenvalue weighted by atomic mass is 10.1. The molecule has 1 heterocycles. The monoisotopic (exact) mass is 493 g/mol. The molecule has 32 heavy (non-hydrogen) atoms. The molecule has 0 unspecified atom stereocenters. The van der Waals surface area contributed by atoms with Crippen molar-refractivity contribution in [2.45, 2.75) is 16.2 Å². The number of rotatable bonds is 6. The first-order valence-electron chi connectivity index (χ1n) is 9.14. The number of carbonyl (C=O) groups is 1. The number of fused-ring (bicyclic) bond motifs is 1. The quantitative estimate of drug-likeness (QED) is 0.327. The molecule has 10 heteroatoms. The summed E-state index contributed by atoms with van der Waals surface area (Å²) in [6.07, 6.45) is 1.10. The summed E-state index contributed by atoms with van der Waals surface area (Å²) in [4.78, 5) is 13.8. The number of ether oxygens (including phenoxy) is 1. The van der Waals surface area contributed by atoms with Crippen molar-refractivity contribution >= 4 is 49.9 Å². The highest BCUT2D eigenvalue weighted by molar-refractivity contribution is 7.91. The first-order valence-corrected chi connectivity index (χ1v) is 11.4. The number of carboxylic acids is 1. The van der Waals surface area contributed by atoms with Gasteiger partial charge in [0.15, 0.2) is 5.75 Å². The summed E-state index contributed by atoms with van der Waals surface area (Å²) in [6.45, 7) is 0. The van der Waals surface area contributed by atoms with Gasteiger partial charge in [0.2, 0.25) is 9.84 Å². The van der Waals surface area contributed by atoms with Crippen molar-refractivity contribution in [3.05, 3.63) is 82.2 Å². The topological polar surface area (TPSA) is 96.5 Å². The lowest BCUT2D eigenvalue weighted by Gasteiger charge is -2.11. The molecule has 0 saturated heterocycles. The Labute approximate surface area is 192 Å². The molecule has 2 N–H and O–H groups in total. The Hall–Kier alpha value is -3.07. The van der Waals surface area contributed by atoms with Crippen molar-refractivity contribution in [3.63, 3.8) is 0 Å². The number of benzene rings is 3. The van der Waals surface area contributed by atoms with Crippen molar-refractivity contribution in [1.82, 2.24) is 4.98 Å². The Bertz CT molecular complexity index is 1430. The van der Waals surface area contributed by atoms with Crippen LogP contribution in [0, 0.1) is 5.82 Å². The Kier molecular flexibility index (Phi) is 5.85. The SMILES string of the molecule is O=C(O)Cc1cc(Cl)c(Oc2ccc3[nH]cc(S(=O)(=O)c4ccc(F)cc4)c3c2)c(Cl)c1. The first kappa shape index (κ1) is 22.1. The van der Waals surface area contributed by atoms with E-state index in [1.165, 1.54) is 36.5 Å². The summed E-state index contributed by atoms with van der Waals surface area (Å²) >= 11 is 12.5. The van der Waals surface area contributed by atoms with Crippen LogP contribution in [-0.2, 0) is 21.1 Å². The normalized spacial score (nSPS) is 11.6. The number of sulfone groups is 1. The van der Waals surface area contributed by atoms with Crippen molar-refractivity contribution in [2.24, 2.45) is 0 Å². The maximum Gasteiger partial charge on any atom is 0.307 e. The molecule has 6 nitrogen and oxygen atoms in total. The van der Waals surface area contributed by atoms with Gasteiger partial charge in [0.05, 0.1) is 26.3 Å². The number of hydrogen-bond donors (Lipinski definition) is 2. The van der Waals surface area contributed by atoms with Gasteiger partial charge in [0, 0.05) is 17.1 Å². The molecule has 1 aromatic heterocycles. The first-order chi connectivity index (χ1) is 15.1. The lowest BCUT2D eigenvalue weighted by molar-refractivity contribution is -0.136. The zero-order chi connectivity index (χ0) is 23.0. The molecule has 0 aliphatic carbocycles. The molecule has 0 amide bonds. The third-order valence-electron chi connectivity index (χ3n) is 4.66. The van der Waals surface area contributed by atoms with Gasteiger partial charge in [-0.25, -0.2) is 12.8 Å². The number of H-pyrrole nitrogens is 1. The highest BCUT2D eigenvalue weighted by atomic mass is 35.5. The molecule has 3 aromatic carbocycles. The number of halogens is 3. The Morgan fingerprint density at radius 2 is 1.69 bits per heavy atom. The van der Waals surface area contributed by atoms with E-state index in [2.05, 4.69) is 4.98 Å². The summed E-state index contributed by atoms with van der Waals surface area (Å²) in [5.41, 5.74) is 0.959. The zero-order valence-electron chi connectivity index (χ0n) is 16.1. The van der Waals surface area contributed by atoms with Crippen LogP contribution in [0.15, 0.2) is 70.6 Å². The fourth-order valence-electron chi connectivity index (χ4n) is 3.21. The fraction of sp³-hybridized carbons (Fsp3) is 0.0455. The molecule has 0 radical (unpaired) electrons. The second kappa shape index (κ2) is 8.46. The molecule has 0 atom stereocenters. The van der Waals surface area contributed by atoms with Crippen LogP contribution in [-0.4, -0.2) is 24.5 Å². The van der Waals surface area contributed by atoms with E-state index in [0.717, 1.165) is 12.1 Å². The van der Waals surface area contributed by atoms with E-state index in [0.29, 0.717) is 16.5 Å². The van der Waals surface area contributed by atoms with E-state index in [1.54, 1.807) is 12.1 Å². The van der Waals surface area contributed by atoms with Crippen LogP contribution < -0.4 is 4.74 Å². The molecule has 0 saturated carbocycles. The predicted molar refractivity (Wildman–Crippen MR) is 118 cm³/mol. The number of aromatic nitrogens is 1. The van der Waals surface area contributed by atoms with Crippen LogP contribution in [0.25, 0.3) is 10.9 Å². The van der Waals surface area contributed by atoms with Crippen LogP contribution >= 0.6 is 23.2 Å². The van der Waals surface area contributed by atoms with Crippen molar-refractivity contribution in [3.8, 4) is 11.5 Å². The minimum absolute atomic E-state index is 0.00134. The van der Waals surface area contributed by atoms with E-state index in [9.17, 15) is 17.6 Å². The summed E-state index contributed by atoms with van der Waals surface area (Å²) in [5.74, 6) is -1.19. The molecular formula is C22H14Cl2FNO5S. The summed E-state index contributed by atoms with van der Waals surface area (Å²) < 4.78 is 45.1. The van der Waals surface area contributed by atoms with Gasteiger partial charge in [-0.15, -0.1) is 0 Å². The molecule has 0 spiro atoms. The lowest BCUT2D eigenvalue weighted by Crippen LogP contribution is -2.01. The van der Waals surface area contributed by atoms with Gasteiger partial charge >= 0.3 is 5.97 Å². The number of carboxylic acid groups (broad SMARTS) is 1. The third-order valence-corrected chi connectivity index (χ3v) is 7.03. The summed E-state index contributed by atoms with van der Waals surface area (Å²) in [7, 11) is -3.92. The van der Waals surface area contributed by atoms with E-state index >= 15 is 0 Å². The van der Waals surface area contributed by atoms with Gasteiger partial charge in [-0.1, -0.05) is 23.2 Å². The number of aliphatic carboxylic acids is 1. The van der Waals surface area contributed by atoms with Gasteiger partial charge in [0.25, 0.3) is 0 Å². The second-order valence-corrected chi connectivity index (χ2v) is 9.61. The Morgan fingerprint density at radius 1 is 1.03 bits per heavy atom. The van der Waals surface area contributed by atoms with E-state index in [1.807, 2.05) is 0 Å². The van der Waals surface area contributed by atoms with Gasteiger partial charge in [-0.05, 0) is 60.2 Å². The predicted octanol–water partition coefficient (Wildman–Crippen LogP) is 5.87. The number of nitrogens with one attached hydrogen (secondary N) is 1. The molecule has 4 aromatic rings. The highest BCUT2D eigenvalue weighted by Crippen LogP contribution is 2.39. The molecule has 0 bridgehead atoms. The minimum atomic E-state index is -3.92. The zero-order valence-corrected chi connectivity index (χ0v) is 18.4. The van der Waals surface area contributed by atoms with Gasteiger partial charge in [-0.3, -0.25) is 4.79 Å². The van der Waals surface area contributed by atoms with Crippen LogP contribution in [0.2, 0.25) is 10.0 Å². The number of aromatic amines is 1. The highest BCUT2D eigenvalue weighted by Gasteiger charge is 2.22. The van der Waals surface area contributed by atoms with E-state index < -0.39 is 21.6 Å². The Balaban J connectivity index is 1.72. The van der Waals surface area contributed by atoms with Crippen molar-refractivity contribution in [2.75, 3.05) is 0 Å². The maximum atomic E-state index is 13.2. The third kappa shape index (κ3) is 4.29. The number of hydrogen-bond acceptors (Lipinski definition) is 4. The van der Waals surface area contributed by atoms with Gasteiger partial charge in [-0.2, -0.15) is 0 Å². The molecule has 0 aliphatic heterocycles. The molecule has 0 aliphatic rings. The Morgan fingerprint density at radius 3 is 2.31 bits per heavy atom. The van der Waals surface area contributed by atoms with Crippen LogP contribution in [0.4, 0.5) is 4.39 Å². The average Bonchev–Trinajstić information content (AvgIpc) is 3.15. The molecule has 164 valence electrons. The molecule has 0 fully saturated rings. The molecule has 4 rings (SSSR count). The van der Waals surface area contributed by atoms with Crippen LogP contribution in [0.5, 0.6) is 11.5 Å². The smallest absolute Gasteiger partial charge is 0.307 e. The molecular weight excluding hydrogens is 480 g/mol. The largest absolute Gasteiger partial charge is 0.481 e. The van der Waals surface area contributed by atoms with Crippen molar-refractivity contribution in [1.29, 1.82) is 0 Å². The van der Waals surface area contributed by atoms with Crippen molar-refractivity contribution < 1.29 is 27.4 Å².